The highest BCUT2D eigenvalue weighted by Gasteiger charge is 2.30. The lowest BCUT2D eigenvalue weighted by Crippen LogP contribution is -2.44. The van der Waals surface area contributed by atoms with Crippen molar-refractivity contribution in [2.24, 2.45) is 0 Å². The van der Waals surface area contributed by atoms with E-state index in [9.17, 15) is 27.6 Å². The van der Waals surface area contributed by atoms with Crippen molar-refractivity contribution < 1.29 is 32.3 Å². The van der Waals surface area contributed by atoms with E-state index in [0.717, 1.165) is 12.1 Å². The van der Waals surface area contributed by atoms with Gasteiger partial charge in [0.2, 0.25) is 5.91 Å². The van der Waals surface area contributed by atoms with Crippen LogP contribution in [0.2, 0.25) is 0 Å². The van der Waals surface area contributed by atoms with Gasteiger partial charge in [-0.05, 0) is 52.0 Å². The number of hydrogen-bond donors (Lipinski definition) is 3. The summed E-state index contributed by atoms with van der Waals surface area (Å²) in [5.41, 5.74) is 2.97. The molecule has 0 saturated carbocycles. The van der Waals surface area contributed by atoms with Crippen molar-refractivity contribution in [2.45, 2.75) is 45.9 Å². The second kappa shape index (κ2) is 11.5. The van der Waals surface area contributed by atoms with Crippen molar-refractivity contribution in [1.82, 2.24) is 25.7 Å². The number of aromatic nitrogens is 2. The maximum atomic E-state index is 12.7. The van der Waals surface area contributed by atoms with Crippen LogP contribution < -0.4 is 16.2 Å². The first-order valence-electron chi connectivity index (χ1n) is 10.6. The molecule has 1 aromatic carbocycles. The van der Waals surface area contributed by atoms with Gasteiger partial charge in [-0.3, -0.25) is 20.4 Å². The SMILES string of the molecule is CCN(CCC(=O)NNC(=O)c1nccnc1Nc1ccc(C(F)(F)F)cc1)C(=O)OC(C)(C)C. The molecule has 13 heteroatoms. The Labute approximate surface area is 200 Å². The van der Waals surface area contributed by atoms with Gasteiger partial charge in [0.25, 0.3) is 5.91 Å². The number of anilines is 2. The number of alkyl halides is 3. The zero-order chi connectivity index (χ0) is 26.2. The van der Waals surface area contributed by atoms with E-state index in [0.29, 0.717) is 6.54 Å². The van der Waals surface area contributed by atoms with Crippen molar-refractivity contribution in [3.63, 3.8) is 0 Å². The van der Waals surface area contributed by atoms with E-state index in [-0.39, 0.29) is 30.2 Å². The Morgan fingerprint density at radius 3 is 2.20 bits per heavy atom. The summed E-state index contributed by atoms with van der Waals surface area (Å²) < 4.78 is 43.5. The Hall–Kier alpha value is -3.90. The average Bonchev–Trinajstić information content (AvgIpc) is 2.77. The van der Waals surface area contributed by atoms with E-state index in [1.165, 1.54) is 29.4 Å². The molecular weight excluding hydrogens is 469 g/mol. The lowest BCUT2D eigenvalue weighted by atomic mass is 10.2. The molecule has 0 saturated heterocycles. The zero-order valence-corrected chi connectivity index (χ0v) is 19.7. The molecule has 2 rings (SSSR count). The minimum Gasteiger partial charge on any atom is -0.444 e. The van der Waals surface area contributed by atoms with Gasteiger partial charge < -0.3 is 15.0 Å². The molecule has 0 aliphatic carbocycles. The van der Waals surface area contributed by atoms with Gasteiger partial charge in [0.15, 0.2) is 11.5 Å². The Morgan fingerprint density at radius 2 is 1.63 bits per heavy atom. The van der Waals surface area contributed by atoms with Crippen LogP contribution in [0.4, 0.5) is 29.5 Å². The van der Waals surface area contributed by atoms with Gasteiger partial charge >= 0.3 is 12.3 Å². The fourth-order valence-corrected chi connectivity index (χ4v) is 2.66. The number of nitrogens with zero attached hydrogens (tertiary/aromatic N) is 3. The number of ether oxygens (including phenoxy) is 1. The van der Waals surface area contributed by atoms with Crippen LogP contribution in [0.3, 0.4) is 0 Å². The Balaban J connectivity index is 1.94. The number of rotatable bonds is 7. The first-order chi connectivity index (χ1) is 16.3. The molecule has 3 amide bonds. The highest BCUT2D eigenvalue weighted by atomic mass is 19.4. The number of amides is 3. The number of benzene rings is 1. The molecule has 0 radical (unpaired) electrons. The number of halogens is 3. The third kappa shape index (κ3) is 8.76. The molecule has 0 unspecified atom stereocenters. The maximum Gasteiger partial charge on any atom is 0.416 e. The molecule has 0 fully saturated rings. The molecular formula is C22H27F3N6O4. The van der Waals surface area contributed by atoms with E-state index in [4.69, 9.17) is 4.74 Å². The first-order valence-corrected chi connectivity index (χ1v) is 10.6. The molecule has 3 N–H and O–H groups in total. The topological polar surface area (TPSA) is 126 Å². The molecule has 0 aliphatic heterocycles. The summed E-state index contributed by atoms with van der Waals surface area (Å²) in [5.74, 6) is -1.40. The van der Waals surface area contributed by atoms with Crippen molar-refractivity contribution in [2.75, 3.05) is 18.4 Å². The second-order valence-corrected chi connectivity index (χ2v) is 8.27. The average molecular weight is 496 g/mol. The third-order valence-electron chi connectivity index (χ3n) is 4.35. The standard InChI is InChI=1S/C22H27F3N6O4/c1-5-31(20(34)35-21(2,3)4)13-10-16(32)29-30-19(33)17-18(27-12-11-26-17)28-15-8-6-14(7-9-15)22(23,24)25/h6-9,11-12H,5,10,13H2,1-4H3,(H,27,28)(H,29,32)(H,30,33). The van der Waals surface area contributed by atoms with Crippen LogP contribution in [0.1, 0.15) is 50.2 Å². The highest BCUT2D eigenvalue weighted by Crippen LogP contribution is 2.30. The maximum absolute atomic E-state index is 12.7. The van der Waals surface area contributed by atoms with Crippen molar-refractivity contribution >= 4 is 29.4 Å². The molecule has 0 bridgehead atoms. The van der Waals surface area contributed by atoms with Crippen molar-refractivity contribution in [3.05, 3.63) is 47.9 Å². The van der Waals surface area contributed by atoms with E-state index < -0.39 is 35.2 Å². The van der Waals surface area contributed by atoms with E-state index >= 15 is 0 Å². The molecule has 190 valence electrons. The zero-order valence-electron chi connectivity index (χ0n) is 19.7. The normalized spacial score (nSPS) is 11.4. The van der Waals surface area contributed by atoms with Gasteiger partial charge in [-0.2, -0.15) is 13.2 Å². The number of carbonyl (C=O) groups excluding carboxylic acids is 3. The quantitative estimate of drug-likeness (QED) is 0.500. The molecule has 35 heavy (non-hydrogen) atoms. The van der Waals surface area contributed by atoms with Gasteiger partial charge in [0.05, 0.1) is 5.56 Å². The molecule has 2 aromatic rings. The monoisotopic (exact) mass is 496 g/mol. The second-order valence-electron chi connectivity index (χ2n) is 8.27. The van der Waals surface area contributed by atoms with Crippen molar-refractivity contribution in [3.8, 4) is 0 Å². The van der Waals surface area contributed by atoms with Gasteiger partial charge in [-0.25, -0.2) is 14.8 Å². The first kappa shape index (κ1) is 27.3. The minimum atomic E-state index is -4.48. The Bertz CT molecular complexity index is 1040. The summed E-state index contributed by atoms with van der Waals surface area (Å²) in [6.45, 7) is 7.32. The van der Waals surface area contributed by atoms with Gasteiger partial charge in [0.1, 0.15) is 5.60 Å². The largest absolute Gasteiger partial charge is 0.444 e. The third-order valence-corrected chi connectivity index (χ3v) is 4.35. The summed E-state index contributed by atoms with van der Waals surface area (Å²) >= 11 is 0. The molecule has 0 spiro atoms. The van der Waals surface area contributed by atoms with Gasteiger partial charge in [-0.15, -0.1) is 0 Å². The van der Waals surface area contributed by atoms with Crippen molar-refractivity contribution in [1.29, 1.82) is 0 Å². The van der Waals surface area contributed by atoms with Crippen LogP contribution >= 0.6 is 0 Å². The highest BCUT2D eigenvalue weighted by molar-refractivity contribution is 5.98. The summed E-state index contributed by atoms with van der Waals surface area (Å²) in [6.07, 6.45) is -2.61. The predicted molar refractivity (Wildman–Crippen MR) is 120 cm³/mol. The summed E-state index contributed by atoms with van der Waals surface area (Å²) in [4.78, 5) is 46.0. The number of hydrogen-bond acceptors (Lipinski definition) is 7. The molecule has 1 aromatic heterocycles. The molecule has 0 atom stereocenters. The number of hydrazine groups is 1. The van der Waals surface area contributed by atoms with Crippen LogP contribution in [-0.4, -0.2) is 51.5 Å². The number of carbonyl (C=O) groups is 3. The van der Waals surface area contributed by atoms with Crippen LogP contribution in [0, 0.1) is 0 Å². The Kier molecular flexibility index (Phi) is 8.98. The summed E-state index contributed by atoms with van der Waals surface area (Å²) in [6, 6.07) is 4.14. The lowest BCUT2D eigenvalue weighted by molar-refractivity contribution is -0.137. The van der Waals surface area contributed by atoms with Crippen LogP contribution in [0.15, 0.2) is 36.7 Å². The lowest BCUT2D eigenvalue weighted by Gasteiger charge is -2.26. The van der Waals surface area contributed by atoms with E-state index in [1.807, 2.05) is 0 Å². The predicted octanol–water partition coefficient (Wildman–Crippen LogP) is 3.65. The van der Waals surface area contributed by atoms with Crippen LogP contribution in [-0.2, 0) is 15.7 Å². The Morgan fingerprint density at radius 1 is 1.00 bits per heavy atom. The summed E-state index contributed by atoms with van der Waals surface area (Å²) in [7, 11) is 0. The van der Waals surface area contributed by atoms with E-state index in [1.54, 1.807) is 27.7 Å². The fourth-order valence-electron chi connectivity index (χ4n) is 2.66. The molecule has 0 aliphatic rings. The van der Waals surface area contributed by atoms with Gasteiger partial charge in [-0.1, -0.05) is 0 Å². The van der Waals surface area contributed by atoms with Crippen LogP contribution in [0.5, 0.6) is 0 Å². The summed E-state index contributed by atoms with van der Waals surface area (Å²) in [5, 5.41) is 2.73. The minimum absolute atomic E-state index is 0.0268. The van der Waals surface area contributed by atoms with Gasteiger partial charge in [0, 0.05) is 37.6 Å². The fraction of sp³-hybridized carbons (Fsp3) is 0.409. The van der Waals surface area contributed by atoms with E-state index in [2.05, 4.69) is 26.1 Å². The van der Waals surface area contributed by atoms with Crippen LogP contribution in [0.25, 0.3) is 0 Å². The smallest absolute Gasteiger partial charge is 0.416 e. The molecule has 10 nitrogen and oxygen atoms in total. The molecule has 1 heterocycles. The number of nitrogens with one attached hydrogen (secondary N) is 3.